The number of ether oxygens (including phenoxy) is 2. The number of carbonyl (C=O) groups is 5. The van der Waals surface area contributed by atoms with Crippen LogP contribution >= 0.6 is 11.3 Å². The van der Waals surface area contributed by atoms with Gasteiger partial charge < -0.3 is 20.1 Å². The average molecular weight is 492 g/mol. The number of hydrogen-bond acceptors (Lipinski definition) is 8. The lowest BCUT2D eigenvalue weighted by Gasteiger charge is -2.30. The maximum absolute atomic E-state index is 12.8. The number of thiophene rings is 1. The van der Waals surface area contributed by atoms with E-state index < -0.39 is 36.0 Å². The molecule has 184 valence electrons. The van der Waals surface area contributed by atoms with Crippen molar-refractivity contribution in [1.82, 2.24) is 10.2 Å². The van der Waals surface area contributed by atoms with Crippen molar-refractivity contribution in [3.05, 3.63) is 16.0 Å². The molecular weight excluding hydrogens is 462 g/mol. The summed E-state index contributed by atoms with van der Waals surface area (Å²) in [5.41, 5.74) is 0.464. The monoisotopic (exact) mass is 491 g/mol. The molecule has 3 aliphatic rings. The number of nitrogens with zero attached hydrogens (tertiary/aromatic N) is 1. The molecule has 1 aliphatic heterocycles. The fourth-order valence-corrected chi connectivity index (χ4v) is 6.16. The molecule has 1 saturated heterocycles. The quantitative estimate of drug-likeness (QED) is 0.422. The smallest absolute Gasteiger partial charge is 0.341 e. The van der Waals surface area contributed by atoms with Gasteiger partial charge in [0.25, 0.3) is 11.8 Å². The predicted molar refractivity (Wildman–Crippen MR) is 123 cm³/mol. The van der Waals surface area contributed by atoms with Crippen LogP contribution in [0.5, 0.6) is 0 Å². The van der Waals surface area contributed by atoms with Gasteiger partial charge in [-0.1, -0.05) is 19.3 Å². The second kappa shape index (κ2) is 10.1. The van der Waals surface area contributed by atoms with Crippen LogP contribution in [0.1, 0.15) is 72.7 Å². The Labute approximate surface area is 201 Å². The van der Waals surface area contributed by atoms with E-state index >= 15 is 0 Å². The summed E-state index contributed by atoms with van der Waals surface area (Å²) in [6, 6.07) is -0.491. The molecule has 1 aromatic heterocycles. The maximum atomic E-state index is 12.8. The third-order valence-electron chi connectivity index (χ3n) is 6.51. The van der Waals surface area contributed by atoms with Gasteiger partial charge in [0.05, 0.1) is 18.6 Å². The number of aryl methyl sites for hydroxylation is 1. The fourth-order valence-electron chi connectivity index (χ4n) is 4.87. The first-order valence-electron chi connectivity index (χ1n) is 11.8. The number of urea groups is 1. The van der Waals surface area contributed by atoms with Crippen molar-refractivity contribution < 1.29 is 33.4 Å². The second-order valence-corrected chi connectivity index (χ2v) is 9.88. The number of amides is 4. The third kappa shape index (κ3) is 4.79. The van der Waals surface area contributed by atoms with Gasteiger partial charge in [-0.2, -0.15) is 0 Å². The highest BCUT2D eigenvalue weighted by Gasteiger charge is 2.51. The molecule has 1 spiro atoms. The Kier molecular flexibility index (Phi) is 7.20. The second-order valence-electron chi connectivity index (χ2n) is 8.77. The largest absolute Gasteiger partial charge is 0.462 e. The number of esters is 2. The maximum Gasteiger partial charge on any atom is 0.341 e. The van der Waals surface area contributed by atoms with Crippen LogP contribution in [0.15, 0.2) is 0 Å². The molecule has 2 N–H and O–H groups in total. The van der Waals surface area contributed by atoms with Crippen molar-refractivity contribution in [2.45, 2.75) is 70.3 Å². The molecule has 0 bridgehead atoms. The zero-order valence-corrected chi connectivity index (χ0v) is 20.0. The van der Waals surface area contributed by atoms with E-state index in [1.807, 2.05) is 0 Å². The highest BCUT2D eigenvalue weighted by atomic mass is 32.1. The van der Waals surface area contributed by atoms with Crippen LogP contribution in [0.25, 0.3) is 0 Å². The minimum absolute atomic E-state index is 0.0997. The lowest BCUT2D eigenvalue weighted by molar-refractivity contribution is -0.147. The molecule has 34 heavy (non-hydrogen) atoms. The fraction of sp³-hybridized carbons (Fsp3) is 0.609. The average Bonchev–Trinajstić information content (AvgIpc) is 3.44. The van der Waals surface area contributed by atoms with Gasteiger partial charge in [-0.25, -0.2) is 9.59 Å². The molecule has 1 saturated carbocycles. The first-order chi connectivity index (χ1) is 16.3. The summed E-state index contributed by atoms with van der Waals surface area (Å²) >= 11 is 1.34. The van der Waals surface area contributed by atoms with E-state index in [1.165, 1.54) is 11.3 Å². The molecular formula is C23H29N3O7S. The van der Waals surface area contributed by atoms with Crippen molar-refractivity contribution in [2.75, 3.05) is 25.1 Å². The van der Waals surface area contributed by atoms with Crippen LogP contribution in [-0.4, -0.2) is 60.0 Å². The lowest BCUT2D eigenvalue weighted by atomic mass is 9.82. The van der Waals surface area contributed by atoms with Crippen LogP contribution in [0.4, 0.5) is 9.80 Å². The zero-order valence-electron chi connectivity index (χ0n) is 19.2. The van der Waals surface area contributed by atoms with Gasteiger partial charge in [-0.05, 0) is 44.6 Å². The summed E-state index contributed by atoms with van der Waals surface area (Å²) in [5.74, 6) is -2.03. The topological polar surface area (TPSA) is 131 Å². The molecule has 2 aliphatic carbocycles. The molecule has 0 radical (unpaired) electrons. The van der Waals surface area contributed by atoms with Crippen molar-refractivity contribution >= 4 is 46.1 Å². The summed E-state index contributed by atoms with van der Waals surface area (Å²) < 4.78 is 10.2. The third-order valence-corrected chi connectivity index (χ3v) is 7.72. The van der Waals surface area contributed by atoms with Gasteiger partial charge in [-0.15, -0.1) is 11.3 Å². The van der Waals surface area contributed by atoms with Crippen LogP contribution in [0.3, 0.4) is 0 Å². The Hall–Kier alpha value is -2.95. The van der Waals surface area contributed by atoms with Crippen molar-refractivity contribution in [1.29, 1.82) is 0 Å². The first-order valence-corrected chi connectivity index (χ1v) is 12.6. The number of nitrogens with one attached hydrogen (secondary N) is 2. The van der Waals surface area contributed by atoms with E-state index in [4.69, 9.17) is 9.47 Å². The van der Waals surface area contributed by atoms with Crippen molar-refractivity contribution in [2.24, 2.45) is 0 Å². The SMILES string of the molecule is CCOC(=O)c1c(NC(=O)COC(=O)CCN2C(=O)NC3(CCCCC3)C2=O)sc2c1CCC2. The number of anilines is 1. The first kappa shape index (κ1) is 24.2. The summed E-state index contributed by atoms with van der Waals surface area (Å²) in [5, 5.41) is 5.86. The summed E-state index contributed by atoms with van der Waals surface area (Å²) in [4.78, 5) is 64.1. The Morgan fingerprint density at radius 3 is 2.59 bits per heavy atom. The molecule has 4 rings (SSSR count). The van der Waals surface area contributed by atoms with Gasteiger partial charge in [0.15, 0.2) is 6.61 Å². The minimum atomic E-state index is -0.837. The molecule has 0 atom stereocenters. The number of hydrogen-bond donors (Lipinski definition) is 2. The van der Waals surface area contributed by atoms with Gasteiger partial charge >= 0.3 is 18.0 Å². The highest BCUT2D eigenvalue weighted by molar-refractivity contribution is 7.17. The standard InChI is InChI=1S/C23H29N3O7S/c1-2-32-20(29)18-14-7-6-8-15(14)34-19(18)24-16(27)13-33-17(28)9-12-26-21(30)23(25-22(26)31)10-4-3-5-11-23/h2-13H2,1H3,(H,24,27)(H,25,31). The molecule has 11 heteroatoms. The molecule has 0 aromatic carbocycles. The van der Waals surface area contributed by atoms with E-state index in [0.29, 0.717) is 23.4 Å². The number of rotatable bonds is 8. The Morgan fingerprint density at radius 2 is 1.85 bits per heavy atom. The van der Waals surface area contributed by atoms with E-state index in [9.17, 15) is 24.0 Å². The summed E-state index contributed by atoms with van der Waals surface area (Å²) in [6.07, 6.45) is 6.37. The summed E-state index contributed by atoms with van der Waals surface area (Å²) in [6.45, 7) is 1.31. The van der Waals surface area contributed by atoms with Gasteiger partial charge in [0.2, 0.25) is 0 Å². The normalized spacial score (nSPS) is 18.6. The number of fused-ring (bicyclic) bond motifs is 1. The molecule has 2 heterocycles. The Bertz CT molecular complexity index is 1010. The molecule has 2 fully saturated rings. The van der Waals surface area contributed by atoms with E-state index in [0.717, 1.165) is 53.9 Å². The summed E-state index contributed by atoms with van der Waals surface area (Å²) in [7, 11) is 0. The molecule has 10 nitrogen and oxygen atoms in total. The van der Waals surface area contributed by atoms with Crippen LogP contribution in [0, 0.1) is 0 Å². The Morgan fingerprint density at radius 1 is 1.09 bits per heavy atom. The number of imide groups is 1. The van der Waals surface area contributed by atoms with Gasteiger partial charge in [-0.3, -0.25) is 19.3 Å². The van der Waals surface area contributed by atoms with Crippen LogP contribution in [0.2, 0.25) is 0 Å². The number of carbonyl (C=O) groups excluding carboxylic acids is 5. The molecule has 0 unspecified atom stereocenters. The van der Waals surface area contributed by atoms with Crippen LogP contribution in [-0.2, 0) is 36.7 Å². The minimum Gasteiger partial charge on any atom is -0.462 e. The van der Waals surface area contributed by atoms with Crippen LogP contribution < -0.4 is 10.6 Å². The van der Waals surface area contributed by atoms with E-state index in [1.54, 1.807) is 6.92 Å². The highest BCUT2D eigenvalue weighted by Crippen LogP contribution is 2.39. The zero-order chi connectivity index (χ0) is 24.3. The van der Waals surface area contributed by atoms with E-state index in [2.05, 4.69) is 10.6 Å². The Balaban J connectivity index is 1.27. The van der Waals surface area contributed by atoms with Crippen molar-refractivity contribution in [3.63, 3.8) is 0 Å². The van der Waals surface area contributed by atoms with E-state index in [-0.39, 0.29) is 25.5 Å². The lowest BCUT2D eigenvalue weighted by Crippen LogP contribution is -2.48. The predicted octanol–water partition coefficient (Wildman–Crippen LogP) is 2.54. The van der Waals surface area contributed by atoms with Gasteiger partial charge in [0, 0.05) is 11.4 Å². The van der Waals surface area contributed by atoms with Gasteiger partial charge in [0.1, 0.15) is 10.5 Å². The molecule has 4 amide bonds. The molecule has 1 aromatic rings. The van der Waals surface area contributed by atoms with Crippen molar-refractivity contribution in [3.8, 4) is 0 Å².